The van der Waals surface area contributed by atoms with E-state index in [1.165, 1.54) is 6.42 Å². The lowest BCUT2D eigenvalue weighted by atomic mass is 10.1. The highest BCUT2D eigenvalue weighted by molar-refractivity contribution is 5.78. The summed E-state index contributed by atoms with van der Waals surface area (Å²) >= 11 is 0. The Morgan fingerprint density at radius 3 is 3.00 bits per heavy atom. The van der Waals surface area contributed by atoms with Crippen LogP contribution in [0.15, 0.2) is 24.3 Å². The van der Waals surface area contributed by atoms with Crippen molar-refractivity contribution in [2.75, 3.05) is 33.8 Å². The number of benzene rings is 1. The maximum atomic E-state index is 12.1. The van der Waals surface area contributed by atoms with Crippen molar-refractivity contribution in [1.29, 1.82) is 0 Å². The maximum Gasteiger partial charge on any atom is 0.234 e. The van der Waals surface area contributed by atoms with Gasteiger partial charge in [0.05, 0.1) is 13.2 Å². The van der Waals surface area contributed by atoms with Gasteiger partial charge in [-0.05, 0) is 37.6 Å². The molecule has 1 aromatic rings. The number of methoxy groups -OCH3 is 1. The van der Waals surface area contributed by atoms with Gasteiger partial charge in [0.1, 0.15) is 0 Å². The number of nitrogens with one attached hydrogen (secondary N) is 2. The zero-order chi connectivity index (χ0) is 15.8. The third kappa shape index (κ3) is 5.40. The predicted molar refractivity (Wildman–Crippen MR) is 87.5 cm³/mol. The summed E-state index contributed by atoms with van der Waals surface area (Å²) in [5, 5.41) is 6.30. The van der Waals surface area contributed by atoms with E-state index in [9.17, 15) is 4.79 Å². The quantitative estimate of drug-likeness (QED) is 0.793. The Balaban J connectivity index is 1.76. The van der Waals surface area contributed by atoms with E-state index in [4.69, 9.17) is 4.74 Å². The molecule has 1 heterocycles. The zero-order valence-electron chi connectivity index (χ0n) is 13.6. The molecule has 1 amide bonds. The van der Waals surface area contributed by atoms with Crippen LogP contribution in [0, 0.1) is 0 Å². The average Bonchev–Trinajstić information content (AvgIpc) is 2.54. The van der Waals surface area contributed by atoms with E-state index in [0.29, 0.717) is 25.7 Å². The molecular weight excluding hydrogens is 278 g/mol. The van der Waals surface area contributed by atoms with Crippen LogP contribution in [0.2, 0.25) is 0 Å². The minimum atomic E-state index is 0.0916. The van der Waals surface area contributed by atoms with Crippen LogP contribution in [0.25, 0.3) is 0 Å². The van der Waals surface area contributed by atoms with Gasteiger partial charge in [0.25, 0.3) is 0 Å². The van der Waals surface area contributed by atoms with Gasteiger partial charge in [-0.3, -0.25) is 9.69 Å². The Hall–Kier alpha value is -1.43. The number of likely N-dealkylation sites (N-methyl/N-ethyl adjacent to an activating group) is 1. The third-order valence-corrected chi connectivity index (χ3v) is 4.07. The molecule has 1 atom stereocenters. The molecule has 1 aliphatic heterocycles. The number of piperidine rings is 1. The van der Waals surface area contributed by atoms with Gasteiger partial charge in [0, 0.05) is 26.2 Å². The number of nitrogens with zero attached hydrogens (tertiary/aromatic N) is 1. The lowest BCUT2D eigenvalue weighted by Gasteiger charge is -2.31. The van der Waals surface area contributed by atoms with Crippen LogP contribution in [0.5, 0.6) is 0 Å². The normalized spacial score (nSPS) is 19.1. The molecule has 0 aromatic heterocycles. The molecule has 2 N–H and O–H groups in total. The number of amides is 1. The molecule has 22 heavy (non-hydrogen) atoms. The Morgan fingerprint density at radius 2 is 2.23 bits per heavy atom. The summed E-state index contributed by atoms with van der Waals surface area (Å²) in [5.41, 5.74) is 2.23. The van der Waals surface area contributed by atoms with Crippen LogP contribution in [0.1, 0.15) is 24.0 Å². The van der Waals surface area contributed by atoms with Gasteiger partial charge in [0.15, 0.2) is 0 Å². The van der Waals surface area contributed by atoms with Crippen molar-refractivity contribution in [2.24, 2.45) is 0 Å². The monoisotopic (exact) mass is 305 g/mol. The van der Waals surface area contributed by atoms with Crippen molar-refractivity contribution in [1.82, 2.24) is 15.5 Å². The fraction of sp³-hybridized carbons (Fsp3) is 0.588. The van der Waals surface area contributed by atoms with Crippen molar-refractivity contribution in [2.45, 2.75) is 32.0 Å². The molecule has 0 spiro atoms. The standard InChI is InChI=1S/C17H27N3O2/c1-18-16-7-4-8-20(11-16)12-17(21)19-10-14-5-3-6-15(9-14)13-22-2/h3,5-6,9,16,18H,4,7-8,10-13H2,1-2H3,(H,19,21). The average molecular weight is 305 g/mol. The highest BCUT2D eigenvalue weighted by Crippen LogP contribution is 2.09. The van der Waals surface area contributed by atoms with Gasteiger partial charge in [-0.1, -0.05) is 24.3 Å². The van der Waals surface area contributed by atoms with Crippen LogP contribution in [0.4, 0.5) is 0 Å². The molecule has 1 aliphatic rings. The van der Waals surface area contributed by atoms with Gasteiger partial charge in [0.2, 0.25) is 5.91 Å². The van der Waals surface area contributed by atoms with Crippen molar-refractivity contribution in [3.63, 3.8) is 0 Å². The molecule has 122 valence electrons. The minimum Gasteiger partial charge on any atom is -0.380 e. The molecule has 2 rings (SSSR count). The van der Waals surface area contributed by atoms with Gasteiger partial charge in [-0.2, -0.15) is 0 Å². The number of rotatable bonds is 7. The van der Waals surface area contributed by atoms with E-state index < -0.39 is 0 Å². The van der Waals surface area contributed by atoms with Crippen LogP contribution >= 0.6 is 0 Å². The number of hydrogen-bond donors (Lipinski definition) is 2. The summed E-state index contributed by atoms with van der Waals surface area (Å²) in [5.74, 6) is 0.0916. The molecule has 5 nitrogen and oxygen atoms in total. The van der Waals surface area contributed by atoms with E-state index in [-0.39, 0.29) is 5.91 Å². The SMILES string of the molecule is CNC1CCCN(CC(=O)NCc2cccc(COC)c2)C1. The van der Waals surface area contributed by atoms with E-state index in [0.717, 1.165) is 30.6 Å². The first kappa shape index (κ1) is 16.9. The Labute approximate surface area is 133 Å². The molecule has 5 heteroatoms. The summed E-state index contributed by atoms with van der Waals surface area (Å²) in [6.45, 7) is 3.61. The molecule has 0 bridgehead atoms. The molecule has 0 saturated carbocycles. The highest BCUT2D eigenvalue weighted by atomic mass is 16.5. The first-order valence-corrected chi connectivity index (χ1v) is 7.94. The van der Waals surface area contributed by atoms with Gasteiger partial charge in [-0.25, -0.2) is 0 Å². The van der Waals surface area contributed by atoms with Gasteiger partial charge < -0.3 is 15.4 Å². The number of ether oxygens (including phenoxy) is 1. The maximum absolute atomic E-state index is 12.1. The Kier molecular flexibility index (Phi) is 6.83. The van der Waals surface area contributed by atoms with Crippen LogP contribution in [0.3, 0.4) is 0 Å². The number of carbonyl (C=O) groups excluding carboxylic acids is 1. The number of hydrogen-bond acceptors (Lipinski definition) is 4. The summed E-state index contributed by atoms with van der Waals surface area (Å²) in [7, 11) is 3.67. The Morgan fingerprint density at radius 1 is 1.41 bits per heavy atom. The van der Waals surface area contributed by atoms with Gasteiger partial charge >= 0.3 is 0 Å². The van der Waals surface area contributed by atoms with Crippen LogP contribution in [-0.4, -0.2) is 50.6 Å². The van der Waals surface area contributed by atoms with Crippen molar-refractivity contribution >= 4 is 5.91 Å². The van der Waals surface area contributed by atoms with Crippen molar-refractivity contribution < 1.29 is 9.53 Å². The molecule has 0 radical (unpaired) electrons. The smallest absolute Gasteiger partial charge is 0.234 e. The van der Waals surface area contributed by atoms with E-state index in [1.54, 1.807) is 7.11 Å². The fourth-order valence-electron chi connectivity index (χ4n) is 2.89. The Bertz CT molecular complexity index is 479. The number of carbonyl (C=O) groups is 1. The first-order chi connectivity index (χ1) is 10.7. The molecule has 0 aliphatic carbocycles. The first-order valence-electron chi connectivity index (χ1n) is 7.94. The molecule has 1 aromatic carbocycles. The molecule has 1 saturated heterocycles. The minimum absolute atomic E-state index is 0.0916. The fourth-order valence-corrected chi connectivity index (χ4v) is 2.89. The highest BCUT2D eigenvalue weighted by Gasteiger charge is 2.19. The van der Waals surface area contributed by atoms with Crippen LogP contribution in [-0.2, 0) is 22.7 Å². The lowest BCUT2D eigenvalue weighted by molar-refractivity contribution is -0.122. The molecular formula is C17H27N3O2. The second-order valence-electron chi connectivity index (χ2n) is 5.89. The summed E-state index contributed by atoms with van der Waals surface area (Å²) in [4.78, 5) is 14.3. The second kappa shape index (κ2) is 8.88. The van der Waals surface area contributed by atoms with E-state index >= 15 is 0 Å². The number of likely N-dealkylation sites (tertiary alicyclic amines) is 1. The zero-order valence-corrected chi connectivity index (χ0v) is 13.6. The summed E-state index contributed by atoms with van der Waals surface area (Å²) in [6, 6.07) is 8.63. The van der Waals surface area contributed by atoms with E-state index in [1.807, 2.05) is 25.2 Å². The van der Waals surface area contributed by atoms with Gasteiger partial charge in [-0.15, -0.1) is 0 Å². The predicted octanol–water partition coefficient (Wildman–Crippen LogP) is 1.13. The molecule has 1 fully saturated rings. The largest absolute Gasteiger partial charge is 0.380 e. The third-order valence-electron chi connectivity index (χ3n) is 4.07. The topological polar surface area (TPSA) is 53.6 Å². The summed E-state index contributed by atoms with van der Waals surface area (Å²) < 4.78 is 5.13. The van der Waals surface area contributed by atoms with E-state index in [2.05, 4.69) is 21.6 Å². The lowest BCUT2D eigenvalue weighted by Crippen LogP contribution is -2.47. The molecule has 1 unspecified atom stereocenters. The summed E-state index contributed by atoms with van der Waals surface area (Å²) in [6.07, 6.45) is 2.35. The van der Waals surface area contributed by atoms with Crippen LogP contribution < -0.4 is 10.6 Å². The van der Waals surface area contributed by atoms with Crippen molar-refractivity contribution in [3.05, 3.63) is 35.4 Å². The van der Waals surface area contributed by atoms with Crippen molar-refractivity contribution in [3.8, 4) is 0 Å². The second-order valence-corrected chi connectivity index (χ2v) is 5.89.